The number of pyridine rings is 1. The number of fused-ring (bicyclic) bond motifs is 4. The number of nitrogens with zero attached hydrogens (tertiary/aromatic N) is 2. The van der Waals surface area contributed by atoms with Crippen molar-refractivity contribution in [3.05, 3.63) is 42.1 Å². The quantitative estimate of drug-likeness (QED) is 0.907. The molecule has 1 unspecified atom stereocenters. The number of aromatic nitrogens is 1. The molecule has 120 valence electrons. The Balaban J connectivity index is 1.65. The van der Waals surface area contributed by atoms with Gasteiger partial charge in [0, 0.05) is 24.2 Å². The zero-order valence-electron chi connectivity index (χ0n) is 12.8. The van der Waals surface area contributed by atoms with Crippen LogP contribution in [0.2, 0.25) is 0 Å². The van der Waals surface area contributed by atoms with Gasteiger partial charge in [-0.3, -0.25) is 14.7 Å². The van der Waals surface area contributed by atoms with Gasteiger partial charge in [-0.05, 0) is 43.0 Å². The van der Waals surface area contributed by atoms with Crippen LogP contribution in [-0.4, -0.2) is 45.2 Å². The predicted molar refractivity (Wildman–Crippen MR) is 85.9 cm³/mol. The van der Waals surface area contributed by atoms with Crippen LogP contribution in [0.3, 0.4) is 0 Å². The van der Waals surface area contributed by atoms with Crippen molar-refractivity contribution in [2.24, 2.45) is 11.8 Å². The van der Waals surface area contributed by atoms with Crippen molar-refractivity contribution < 1.29 is 15.0 Å². The van der Waals surface area contributed by atoms with Crippen molar-refractivity contribution >= 4 is 16.9 Å². The Bertz CT molecular complexity index is 743. The van der Waals surface area contributed by atoms with Gasteiger partial charge >= 0.3 is 5.97 Å². The van der Waals surface area contributed by atoms with Gasteiger partial charge < -0.3 is 10.2 Å². The molecule has 2 bridgehead atoms. The summed E-state index contributed by atoms with van der Waals surface area (Å²) in [5.74, 6) is -0.825. The van der Waals surface area contributed by atoms with E-state index < -0.39 is 12.1 Å². The molecule has 0 radical (unpaired) electrons. The molecule has 2 N–H and O–H groups in total. The van der Waals surface area contributed by atoms with Gasteiger partial charge in [0.15, 0.2) is 0 Å². The molecule has 0 amide bonds. The molecule has 0 spiro atoms. The van der Waals surface area contributed by atoms with Gasteiger partial charge in [-0.1, -0.05) is 18.2 Å². The first-order chi connectivity index (χ1) is 11.1. The highest BCUT2D eigenvalue weighted by Crippen LogP contribution is 2.41. The fourth-order valence-corrected chi connectivity index (χ4v) is 4.26. The minimum absolute atomic E-state index is 0.00449. The number of carboxylic acids is 1. The highest BCUT2D eigenvalue weighted by atomic mass is 16.4. The second kappa shape index (κ2) is 5.58. The number of hydrogen-bond acceptors (Lipinski definition) is 4. The number of aliphatic carboxylic acids is 1. The number of aliphatic hydroxyl groups excluding tert-OH is 1. The summed E-state index contributed by atoms with van der Waals surface area (Å²) in [6.07, 6.45) is 2.78. The molecule has 1 aromatic heterocycles. The molecule has 5 heteroatoms. The van der Waals surface area contributed by atoms with E-state index in [1.807, 2.05) is 30.3 Å². The van der Waals surface area contributed by atoms with E-state index in [9.17, 15) is 15.0 Å². The van der Waals surface area contributed by atoms with Crippen LogP contribution in [0.1, 0.15) is 24.5 Å². The lowest BCUT2D eigenvalue weighted by atomic mass is 9.73. The van der Waals surface area contributed by atoms with E-state index >= 15 is 0 Å². The van der Waals surface area contributed by atoms with E-state index in [-0.39, 0.29) is 17.9 Å². The van der Waals surface area contributed by atoms with E-state index in [4.69, 9.17) is 0 Å². The normalized spacial score (nSPS) is 31.2. The Morgan fingerprint density at radius 1 is 1.30 bits per heavy atom. The van der Waals surface area contributed by atoms with Crippen LogP contribution in [-0.2, 0) is 4.79 Å². The number of hydrogen-bond donors (Lipinski definition) is 2. The molecular weight excluding hydrogens is 292 g/mol. The molecule has 3 aliphatic heterocycles. The molecule has 23 heavy (non-hydrogen) atoms. The van der Waals surface area contributed by atoms with Crippen LogP contribution in [0.4, 0.5) is 0 Å². The predicted octanol–water partition coefficient (Wildman–Crippen LogP) is 2.06. The van der Waals surface area contributed by atoms with E-state index in [1.165, 1.54) is 0 Å². The largest absolute Gasteiger partial charge is 0.481 e. The smallest absolute Gasteiger partial charge is 0.308 e. The number of para-hydroxylation sites is 1. The monoisotopic (exact) mass is 312 g/mol. The van der Waals surface area contributed by atoms with Crippen molar-refractivity contribution in [2.75, 3.05) is 13.1 Å². The first-order valence-corrected chi connectivity index (χ1v) is 8.13. The fourth-order valence-electron chi connectivity index (χ4n) is 4.26. The third-order valence-electron chi connectivity index (χ3n) is 5.48. The van der Waals surface area contributed by atoms with Gasteiger partial charge in [0.05, 0.1) is 17.5 Å². The maximum absolute atomic E-state index is 11.4. The number of piperidine rings is 3. The minimum atomic E-state index is -0.706. The first-order valence-electron chi connectivity index (χ1n) is 8.13. The number of aliphatic hydroxyl groups is 1. The van der Waals surface area contributed by atoms with Crippen molar-refractivity contribution in [3.8, 4) is 0 Å². The second-order valence-electron chi connectivity index (χ2n) is 6.65. The topological polar surface area (TPSA) is 73.7 Å². The van der Waals surface area contributed by atoms with Gasteiger partial charge in [-0.2, -0.15) is 0 Å². The first kappa shape index (κ1) is 14.6. The molecule has 0 aliphatic carbocycles. The van der Waals surface area contributed by atoms with E-state index in [1.54, 1.807) is 6.20 Å². The summed E-state index contributed by atoms with van der Waals surface area (Å²) in [5.41, 5.74) is 1.77. The van der Waals surface area contributed by atoms with Crippen molar-refractivity contribution in [3.63, 3.8) is 0 Å². The summed E-state index contributed by atoms with van der Waals surface area (Å²) in [6.45, 7) is 1.42. The summed E-state index contributed by atoms with van der Waals surface area (Å²) in [7, 11) is 0. The molecule has 2 aromatic rings. The zero-order chi connectivity index (χ0) is 16.0. The van der Waals surface area contributed by atoms with Gasteiger partial charge in [-0.15, -0.1) is 0 Å². The number of carbonyl (C=O) groups is 1. The van der Waals surface area contributed by atoms with Crippen LogP contribution in [0.25, 0.3) is 10.9 Å². The van der Waals surface area contributed by atoms with E-state index in [2.05, 4.69) is 9.88 Å². The Hall–Kier alpha value is -1.98. The average Bonchev–Trinajstić information content (AvgIpc) is 2.60. The Morgan fingerprint density at radius 2 is 2.13 bits per heavy atom. The summed E-state index contributed by atoms with van der Waals surface area (Å²) in [6, 6.07) is 9.69. The lowest BCUT2D eigenvalue weighted by molar-refractivity contribution is -0.152. The van der Waals surface area contributed by atoms with Crippen molar-refractivity contribution in [1.29, 1.82) is 0 Å². The molecule has 0 saturated carbocycles. The maximum Gasteiger partial charge on any atom is 0.308 e. The summed E-state index contributed by atoms with van der Waals surface area (Å²) < 4.78 is 0. The third-order valence-corrected chi connectivity index (χ3v) is 5.48. The molecule has 5 atom stereocenters. The van der Waals surface area contributed by atoms with Gasteiger partial charge in [0.2, 0.25) is 0 Å². The summed E-state index contributed by atoms with van der Waals surface area (Å²) >= 11 is 0. The summed E-state index contributed by atoms with van der Waals surface area (Å²) in [4.78, 5) is 17.9. The second-order valence-corrected chi connectivity index (χ2v) is 6.65. The Labute approximate surface area is 134 Å². The van der Waals surface area contributed by atoms with Crippen molar-refractivity contribution in [1.82, 2.24) is 9.88 Å². The average molecular weight is 312 g/mol. The molecular formula is C18H20N2O3. The van der Waals surface area contributed by atoms with Crippen LogP contribution in [0, 0.1) is 11.8 Å². The standard InChI is InChI=1S/C18H20N2O3/c21-17(13-5-7-19-15-4-2-1-3-12(13)15)16-9-11-6-8-20(16)10-14(11)18(22)23/h1-5,7,11,14,16-17,21H,6,8-10H2,(H,22,23)/t11-,14-,16-,17+/m0/s1. The Kier molecular flexibility index (Phi) is 3.54. The zero-order valence-corrected chi connectivity index (χ0v) is 12.8. The fraction of sp³-hybridized carbons (Fsp3) is 0.444. The minimum Gasteiger partial charge on any atom is -0.481 e. The summed E-state index contributed by atoms with van der Waals surface area (Å²) in [5, 5.41) is 21.3. The third kappa shape index (κ3) is 2.40. The Morgan fingerprint density at radius 3 is 2.87 bits per heavy atom. The molecule has 3 fully saturated rings. The lowest BCUT2D eigenvalue weighted by Crippen LogP contribution is -2.57. The molecule has 5 nitrogen and oxygen atoms in total. The molecule has 3 saturated heterocycles. The van der Waals surface area contributed by atoms with Gasteiger partial charge in [0.1, 0.15) is 0 Å². The van der Waals surface area contributed by atoms with Gasteiger partial charge in [0.25, 0.3) is 0 Å². The van der Waals surface area contributed by atoms with Crippen LogP contribution >= 0.6 is 0 Å². The molecule has 3 aliphatic rings. The van der Waals surface area contributed by atoms with Crippen LogP contribution in [0.5, 0.6) is 0 Å². The SMILES string of the molecule is O=C(O)[C@H]1CN2CC[C@H]1C[C@H]2[C@H](O)c1ccnc2ccccc12. The molecule has 1 aromatic carbocycles. The number of carboxylic acid groups (broad SMARTS) is 1. The highest BCUT2D eigenvalue weighted by Gasteiger charge is 2.45. The van der Waals surface area contributed by atoms with Gasteiger partial charge in [-0.25, -0.2) is 0 Å². The van der Waals surface area contributed by atoms with Crippen LogP contribution < -0.4 is 0 Å². The molecule has 5 rings (SSSR count). The maximum atomic E-state index is 11.4. The van der Waals surface area contributed by atoms with E-state index in [0.717, 1.165) is 35.9 Å². The van der Waals surface area contributed by atoms with Crippen LogP contribution in [0.15, 0.2) is 36.5 Å². The lowest BCUT2D eigenvalue weighted by Gasteiger charge is -2.50. The molecule has 4 heterocycles. The number of benzene rings is 1. The highest BCUT2D eigenvalue weighted by molar-refractivity contribution is 5.82. The number of rotatable bonds is 3. The van der Waals surface area contributed by atoms with Crippen molar-refractivity contribution in [2.45, 2.75) is 25.0 Å². The van der Waals surface area contributed by atoms with E-state index in [0.29, 0.717) is 6.54 Å².